The van der Waals surface area contributed by atoms with Crippen molar-refractivity contribution in [3.63, 3.8) is 0 Å². The minimum absolute atomic E-state index is 0.00565. The summed E-state index contributed by atoms with van der Waals surface area (Å²) in [4.78, 5) is 0.00565. The number of nitrogen functional groups attached to an aromatic ring is 1. The number of ether oxygens (including phenoxy) is 1. The zero-order chi connectivity index (χ0) is 15.6. The van der Waals surface area contributed by atoms with Gasteiger partial charge in [-0.25, -0.2) is 8.42 Å². The van der Waals surface area contributed by atoms with Crippen LogP contribution in [0.1, 0.15) is 20.8 Å². The maximum Gasteiger partial charge on any atom is 0.246 e. The topological polar surface area (TPSA) is 92.9 Å². The van der Waals surface area contributed by atoms with Crippen LogP contribution in [-0.2, 0) is 10.0 Å². The van der Waals surface area contributed by atoms with Crippen molar-refractivity contribution in [3.05, 3.63) is 18.2 Å². The summed E-state index contributed by atoms with van der Waals surface area (Å²) in [6.45, 7) is 5.17. The largest absolute Gasteiger partial charge is 0.492 e. The lowest BCUT2D eigenvalue weighted by atomic mass is 10.1. The highest BCUT2D eigenvalue weighted by Gasteiger charge is 2.29. The van der Waals surface area contributed by atoms with Crippen molar-refractivity contribution < 1.29 is 18.3 Å². The smallest absolute Gasteiger partial charge is 0.246 e. The van der Waals surface area contributed by atoms with Gasteiger partial charge in [0.2, 0.25) is 10.0 Å². The molecule has 0 saturated carbocycles. The van der Waals surface area contributed by atoms with Gasteiger partial charge in [0, 0.05) is 19.3 Å². The van der Waals surface area contributed by atoms with E-state index in [9.17, 15) is 13.5 Å². The van der Waals surface area contributed by atoms with Gasteiger partial charge in [0.05, 0.1) is 12.2 Å². The Labute approximate surface area is 120 Å². The van der Waals surface area contributed by atoms with Gasteiger partial charge in [-0.15, -0.1) is 0 Å². The molecule has 0 amide bonds. The number of likely N-dealkylation sites (N-methyl/N-ethyl adjacent to an activating group) is 1. The van der Waals surface area contributed by atoms with Crippen LogP contribution in [0.4, 0.5) is 5.69 Å². The Morgan fingerprint density at radius 2 is 2.00 bits per heavy atom. The number of rotatable bonds is 6. The molecule has 7 heteroatoms. The monoisotopic (exact) mass is 302 g/mol. The summed E-state index contributed by atoms with van der Waals surface area (Å²) in [5.74, 6) is 0.254. The number of nitrogens with two attached hydrogens (primary N) is 1. The van der Waals surface area contributed by atoms with E-state index in [-0.39, 0.29) is 17.2 Å². The van der Waals surface area contributed by atoms with E-state index in [1.807, 2.05) is 0 Å². The van der Waals surface area contributed by atoms with Crippen molar-refractivity contribution in [2.45, 2.75) is 31.3 Å². The molecule has 6 nitrogen and oxygen atoms in total. The third kappa shape index (κ3) is 4.09. The standard InChI is InChI=1S/C13H22N2O4S/c1-5-19-11-7-6-10(14)8-12(11)20(17,18)15(4)9-13(2,3)16/h6-8,16H,5,9,14H2,1-4H3. The van der Waals surface area contributed by atoms with Gasteiger partial charge in [0.15, 0.2) is 0 Å². The summed E-state index contributed by atoms with van der Waals surface area (Å²) in [6.07, 6.45) is 0. The summed E-state index contributed by atoms with van der Waals surface area (Å²) in [5, 5.41) is 9.76. The van der Waals surface area contributed by atoms with E-state index < -0.39 is 15.6 Å². The van der Waals surface area contributed by atoms with Crippen molar-refractivity contribution in [1.82, 2.24) is 4.31 Å². The molecule has 3 N–H and O–H groups in total. The number of nitrogens with zero attached hydrogens (tertiary/aromatic N) is 1. The lowest BCUT2D eigenvalue weighted by Gasteiger charge is -2.25. The molecule has 0 unspecified atom stereocenters. The van der Waals surface area contributed by atoms with Gasteiger partial charge in [0.25, 0.3) is 0 Å². The number of aliphatic hydroxyl groups is 1. The molecular weight excluding hydrogens is 280 g/mol. The van der Waals surface area contributed by atoms with Crippen LogP contribution in [-0.4, -0.2) is 43.6 Å². The van der Waals surface area contributed by atoms with Crippen LogP contribution in [0.5, 0.6) is 5.75 Å². The van der Waals surface area contributed by atoms with Crippen molar-refractivity contribution in [2.24, 2.45) is 0 Å². The molecular formula is C13H22N2O4S. The molecule has 0 radical (unpaired) electrons. The summed E-state index contributed by atoms with van der Waals surface area (Å²) in [5.41, 5.74) is 4.87. The van der Waals surface area contributed by atoms with E-state index in [4.69, 9.17) is 10.5 Å². The molecule has 0 atom stereocenters. The minimum atomic E-state index is -3.78. The average molecular weight is 302 g/mol. The molecule has 0 aromatic heterocycles. The van der Waals surface area contributed by atoms with E-state index >= 15 is 0 Å². The molecule has 0 aliphatic rings. The summed E-state index contributed by atoms with van der Waals surface area (Å²) in [6, 6.07) is 4.48. The fourth-order valence-corrected chi connectivity index (χ4v) is 3.29. The normalized spacial score (nSPS) is 12.7. The Bertz CT molecular complexity index is 564. The highest BCUT2D eigenvalue weighted by Crippen LogP contribution is 2.29. The van der Waals surface area contributed by atoms with Gasteiger partial charge in [-0.2, -0.15) is 4.31 Å². The van der Waals surface area contributed by atoms with E-state index in [2.05, 4.69) is 0 Å². The Kier molecular flexibility index (Phi) is 5.01. The SMILES string of the molecule is CCOc1ccc(N)cc1S(=O)(=O)N(C)CC(C)(C)O. The molecule has 0 fully saturated rings. The first kappa shape index (κ1) is 16.7. The van der Waals surface area contributed by atoms with Gasteiger partial charge in [-0.1, -0.05) is 0 Å². The average Bonchev–Trinajstić information content (AvgIpc) is 2.29. The second-order valence-electron chi connectivity index (χ2n) is 5.21. The third-order valence-corrected chi connectivity index (χ3v) is 4.39. The van der Waals surface area contributed by atoms with Gasteiger partial charge >= 0.3 is 0 Å². The zero-order valence-electron chi connectivity index (χ0n) is 12.3. The summed E-state index contributed by atoms with van der Waals surface area (Å²) >= 11 is 0. The van der Waals surface area contributed by atoms with Crippen molar-refractivity contribution >= 4 is 15.7 Å². The van der Waals surface area contributed by atoms with E-state index in [1.54, 1.807) is 26.8 Å². The summed E-state index contributed by atoms with van der Waals surface area (Å²) in [7, 11) is -2.37. The van der Waals surface area contributed by atoms with Crippen molar-refractivity contribution in [3.8, 4) is 5.75 Å². The number of sulfonamides is 1. The first-order valence-electron chi connectivity index (χ1n) is 6.29. The van der Waals surface area contributed by atoms with Crippen LogP contribution in [0.15, 0.2) is 23.1 Å². The predicted octanol–water partition coefficient (Wildman–Crippen LogP) is 1.06. The first-order valence-corrected chi connectivity index (χ1v) is 7.73. The van der Waals surface area contributed by atoms with Gasteiger partial charge in [0.1, 0.15) is 10.6 Å². The Morgan fingerprint density at radius 1 is 1.40 bits per heavy atom. The van der Waals surface area contributed by atoms with E-state index in [0.717, 1.165) is 4.31 Å². The lowest BCUT2D eigenvalue weighted by Crippen LogP contribution is -2.39. The molecule has 1 rings (SSSR count). The molecule has 1 aromatic rings. The molecule has 0 bridgehead atoms. The second kappa shape index (κ2) is 5.99. The molecule has 0 heterocycles. The maximum absolute atomic E-state index is 12.5. The Morgan fingerprint density at radius 3 is 2.50 bits per heavy atom. The Balaban J connectivity index is 3.23. The van der Waals surface area contributed by atoms with Crippen LogP contribution < -0.4 is 10.5 Å². The number of hydrogen-bond acceptors (Lipinski definition) is 5. The minimum Gasteiger partial charge on any atom is -0.492 e. The highest BCUT2D eigenvalue weighted by atomic mass is 32.2. The molecule has 1 aromatic carbocycles. The van der Waals surface area contributed by atoms with Crippen LogP contribution in [0.3, 0.4) is 0 Å². The highest BCUT2D eigenvalue weighted by molar-refractivity contribution is 7.89. The summed E-state index contributed by atoms with van der Waals surface area (Å²) < 4.78 is 31.5. The molecule has 0 aliphatic carbocycles. The van der Waals surface area contributed by atoms with Crippen LogP contribution in [0, 0.1) is 0 Å². The van der Waals surface area contributed by atoms with Gasteiger partial charge < -0.3 is 15.6 Å². The molecule has 20 heavy (non-hydrogen) atoms. The van der Waals surface area contributed by atoms with Crippen molar-refractivity contribution in [2.75, 3.05) is 25.9 Å². The zero-order valence-corrected chi connectivity index (χ0v) is 13.1. The van der Waals surface area contributed by atoms with E-state index in [0.29, 0.717) is 12.3 Å². The molecule has 0 aliphatic heterocycles. The second-order valence-corrected chi connectivity index (χ2v) is 7.23. The number of hydrogen-bond donors (Lipinski definition) is 2. The van der Waals surface area contributed by atoms with Gasteiger partial charge in [-0.05, 0) is 39.0 Å². The lowest BCUT2D eigenvalue weighted by molar-refractivity contribution is 0.0639. The number of benzene rings is 1. The fraction of sp³-hybridized carbons (Fsp3) is 0.538. The van der Waals surface area contributed by atoms with E-state index in [1.165, 1.54) is 19.2 Å². The fourth-order valence-electron chi connectivity index (χ4n) is 1.80. The van der Waals surface area contributed by atoms with Crippen LogP contribution >= 0.6 is 0 Å². The van der Waals surface area contributed by atoms with Crippen LogP contribution in [0.25, 0.3) is 0 Å². The van der Waals surface area contributed by atoms with Crippen molar-refractivity contribution in [1.29, 1.82) is 0 Å². The molecule has 0 saturated heterocycles. The quantitative estimate of drug-likeness (QED) is 0.766. The predicted molar refractivity (Wildman–Crippen MR) is 78.1 cm³/mol. The van der Waals surface area contributed by atoms with Gasteiger partial charge in [-0.3, -0.25) is 0 Å². The van der Waals surface area contributed by atoms with Crippen LogP contribution in [0.2, 0.25) is 0 Å². The number of anilines is 1. The third-order valence-electron chi connectivity index (χ3n) is 2.57. The molecule has 114 valence electrons. The Hall–Kier alpha value is -1.31. The maximum atomic E-state index is 12.5. The first-order chi connectivity index (χ1) is 9.08. The molecule has 0 spiro atoms.